The van der Waals surface area contributed by atoms with Gasteiger partial charge in [-0.15, -0.1) is 0 Å². The number of carbonyl (C=O) groups is 3. The summed E-state index contributed by atoms with van der Waals surface area (Å²) in [6.45, 7) is 1.84. The number of nitrogens with one attached hydrogen (secondary N) is 2. The second-order valence-corrected chi connectivity index (χ2v) is 7.49. The molecule has 0 aliphatic carbocycles. The van der Waals surface area contributed by atoms with Gasteiger partial charge in [0, 0.05) is 11.3 Å². The number of fused-ring (bicyclic) bond motifs is 1. The average molecular weight is 429 g/mol. The smallest absolute Gasteiger partial charge is 0.259 e. The number of rotatable bonds is 5. The molecule has 0 fully saturated rings. The number of amides is 3. The number of para-hydroxylation sites is 2. The first kappa shape index (κ1) is 21.1. The summed E-state index contributed by atoms with van der Waals surface area (Å²) in [6, 6.07) is 20.2. The molecular weight excluding hydrogens is 406 g/mol. The quantitative estimate of drug-likeness (QED) is 0.642. The molecule has 1 aliphatic heterocycles. The summed E-state index contributed by atoms with van der Waals surface area (Å²) in [5, 5.41) is 5.60. The second kappa shape index (κ2) is 8.93. The minimum atomic E-state index is -0.991. The second-order valence-electron chi connectivity index (χ2n) is 7.49. The number of methoxy groups -OCH3 is 1. The monoisotopic (exact) mass is 429 g/mol. The summed E-state index contributed by atoms with van der Waals surface area (Å²) < 4.78 is 5.13. The molecule has 0 unspecified atom stereocenters. The molecule has 3 aromatic carbocycles. The van der Waals surface area contributed by atoms with E-state index >= 15 is 0 Å². The maximum atomic E-state index is 13.5. The fourth-order valence-corrected chi connectivity index (χ4v) is 3.73. The van der Waals surface area contributed by atoms with Crippen molar-refractivity contribution in [3.05, 3.63) is 83.9 Å². The lowest BCUT2D eigenvalue weighted by Crippen LogP contribution is -2.52. The van der Waals surface area contributed by atoms with Crippen molar-refractivity contribution in [1.82, 2.24) is 0 Å². The lowest BCUT2D eigenvalue weighted by atomic mass is 10.0. The molecule has 3 amide bonds. The predicted octanol–water partition coefficient (Wildman–Crippen LogP) is 4.00. The first-order valence-corrected chi connectivity index (χ1v) is 10.2. The lowest BCUT2D eigenvalue weighted by Gasteiger charge is -2.36. The van der Waals surface area contributed by atoms with Crippen LogP contribution in [0, 0.1) is 6.92 Å². The Morgan fingerprint density at radius 2 is 1.69 bits per heavy atom. The van der Waals surface area contributed by atoms with Gasteiger partial charge in [-0.3, -0.25) is 19.3 Å². The highest BCUT2D eigenvalue weighted by atomic mass is 16.5. The molecule has 4 rings (SSSR count). The third-order valence-electron chi connectivity index (χ3n) is 5.38. The van der Waals surface area contributed by atoms with E-state index in [-0.39, 0.29) is 18.2 Å². The zero-order chi connectivity index (χ0) is 22.7. The number of nitrogens with zero attached hydrogens (tertiary/aromatic N) is 1. The molecule has 32 heavy (non-hydrogen) atoms. The molecule has 2 N–H and O–H groups in total. The van der Waals surface area contributed by atoms with Gasteiger partial charge in [-0.2, -0.15) is 0 Å². The maximum Gasteiger partial charge on any atom is 0.259 e. The van der Waals surface area contributed by atoms with Gasteiger partial charge >= 0.3 is 0 Å². The minimum absolute atomic E-state index is 0.191. The Hall–Kier alpha value is -4.13. The number of aryl methyl sites for hydroxylation is 1. The average Bonchev–Trinajstić information content (AvgIpc) is 2.80. The summed E-state index contributed by atoms with van der Waals surface area (Å²) in [6.07, 6.45) is -0.191. The normalized spacial score (nSPS) is 14.9. The summed E-state index contributed by atoms with van der Waals surface area (Å²) in [7, 11) is 1.56. The number of hydrogen-bond donors (Lipinski definition) is 2. The first-order valence-electron chi connectivity index (χ1n) is 10.2. The molecule has 0 saturated heterocycles. The van der Waals surface area contributed by atoms with Crippen molar-refractivity contribution >= 4 is 34.8 Å². The van der Waals surface area contributed by atoms with Crippen LogP contribution < -0.4 is 20.3 Å². The molecule has 7 nitrogen and oxygen atoms in total. The fraction of sp³-hybridized carbons (Fsp3) is 0.160. The van der Waals surface area contributed by atoms with Crippen molar-refractivity contribution in [3.63, 3.8) is 0 Å². The van der Waals surface area contributed by atoms with Crippen LogP contribution in [0.15, 0.2) is 72.8 Å². The Labute approximate surface area is 186 Å². The van der Waals surface area contributed by atoms with E-state index in [4.69, 9.17) is 4.74 Å². The van der Waals surface area contributed by atoms with Crippen molar-refractivity contribution < 1.29 is 19.1 Å². The lowest BCUT2D eigenvalue weighted by molar-refractivity contribution is -0.122. The number of hydrogen-bond acceptors (Lipinski definition) is 4. The standard InChI is InChI=1S/C25H23N3O4/c1-16-7-3-4-8-19(16)25(31)28-21-10-6-5-9-20(21)27-24(30)22(28)15-23(29)26-17-11-13-18(32-2)14-12-17/h3-14,22H,15H2,1-2H3,(H,26,29)(H,27,30)/t22-/m1/s1. The Morgan fingerprint density at radius 3 is 2.41 bits per heavy atom. The van der Waals surface area contributed by atoms with Crippen LogP contribution in [0.3, 0.4) is 0 Å². The molecule has 0 spiro atoms. The molecule has 0 saturated carbocycles. The van der Waals surface area contributed by atoms with E-state index in [2.05, 4.69) is 10.6 Å². The highest BCUT2D eigenvalue weighted by molar-refractivity contribution is 6.18. The van der Waals surface area contributed by atoms with Crippen molar-refractivity contribution in [2.45, 2.75) is 19.4 Å². The van der Waals surface area contributed by atoms with Gasteiger partial charge in [0.25, 0.3) is 5.91 Å². The predicted molar refractivity (Wildman–Crippen MR) is 123 cm³/mol. The largest absolute Gasteiger partial charge is 0.497 e. The van der Waals surface area contributed by atoms with Crippen LogP contribution in [0.1, 0.15) is 22.3 Å². The molecule has 3 aromatic rings. The topological polar surface area (TPSA) is 87.7 Å². The highest BCUT2D eigenvalue weighted by Gasteiger charge is 2.38. The van der Waals surface area contributed by atoms with Crippen LogP contribution in [0.2, 0.25) is 0 Å². The molecule has 162 valence electrons. The van der Waals surface area contributed by atoms with Crippen LogP contribution in [0.25, 0.3) is 0 Å². The molecule has 0 aromatic heterocycles. The van der Waals surface area contributed by atoms with E-state index in [1.807, 2.05) is 19.1 Å². The van der Waals surface area contributed by atoms with Gasteiger partial charge in [0.2, 0.25) is 11.8 Å². The van der Waals surface area contributed by atoms with Crippen LogP contribution in [0.4, 0.5) is 17.1 Å². The third-order valence-corrected chi connectivity index (χ3v) is 5.38. The van der Waals surface area contributed by atoms with Gasteiger partial charge in [-0.1, -0.05) is 30.3 Å². The van der Waals surface area contributed by atoms with Crippen molar-refractivity contribution in [1.29, 1.82) is 0 Å². The molecule has 1 aliphatic rings. The Balaban J connectivity index is 1.64. The van der Waals surface area contributed by atoms with Gasteiger partial charge in [0.15, 0.2) is 0 Å². The maximum absolute atomic E-state index is 13.5. The zero-order valence-corrected chi connectivity index (χ0v) is 17.8. The van der Waals surface area contributed by atoms with E-state index in [0.29, 0.717) is 28.4 Å². The van der Waals surface area contributed by atoms with Gasteiger partial charge in [-0.05, 0) is 55.0 Å². The van der Waals surface area contributed by atoms with Crippen LogP contribution >= 0.6 is 0 Å². The van der Waals surface area contributed by atoms with Gasteiger partial charge in [0.1, 0.15) is 11.8 Å². The minimum Gasteiger partial charge on any atom is -0.497 e. The van der Waals surface area contributed by atoms with E-state index in [0.717, 1.165) is 5.56 Å². The molecule has 0 radical (unpaired) electrons. The SMILES string of the molecule is COc1ccc(NC(=O)C[C@@H]2C(=O)Nc3ccccc3N2C(=O)c2ccccc2C)cc1. The molecule has 1 heterocycles. The van der Waals surface area contributed by atoms with Crippen molar-refractivity contribution in [2.24, 2.45) is 0 Å². The summed E-state index contributed by atoms with van der Waals surface area (Å²) in [5.74, 6) is -0.443. The van der Waals surface area contributed by atoms with Gasteiger partial charge in [0.05, 0.1) is 24.9 Å². The van der Waals surface area contributed by atoms with Crippen LogP contribution in [-0.4, -0.2) is 30.9 Å². The fourth-order valence-electron chi connectivity index (χ4n) is 3.73. The van der Waals surface area contributed by atoms with Crippen LogP contribution in [0.5, 0.6) is 5.75 Å². The Morgan fingerprint density at radius 1 is 1.00 bits per heavy atom. The third kappa shape index (κ3) is 4.18. The van der Waals surface area contributed by atoms with E-state index in [1.54, 1.807) is 67.8 Å². The Kier molecular flexibility index (Phi) is 5.89. The van der Waals surface area contributed by atoms with E-state index < -0.39 is 11.9 Å². The van der Waals surface area contributed by atoms with E-state index in [9.17, 15) is 14.4 Å². The van der Waals surface area contributed by atoms with Gasteiger partial charge < -0.3 is 15.4 Å². The molecule has 1 atom stereocenters. The van der Waals surface area contributed by atoms with Crippen molar-refractivity contribution in [3.8, 4) is 5.75 Å². The number of benzene rings is 3. The Bertz CT molecular complexity index is 1170. The number of ether oxygens (including phenoxy) is 1. The first-order chi connectivity index (χ1) is 15.5. The van der Waals surface area contributed by atoms with Gasteiger partial charge in [-0.25, -0.2) is 0 Å². The summed E-state index contributed by atoms with van der Waals surface area (Å²) in [4.78, 5) is 40.7. The molecule has 7 heteroatoms. The molecular formula is C25H23N3O4. The summed E-state index contributed by atoms with van der Waals surface area (Å²) >= 11 is 0. The van der Waals surface area contributed by atoms with Crippen LogP contribution in [-0.2, 0) is 9.59 Å². The molecule has 0 bridgehead atoms. The van der Waals surface area contributed by atoms with E-state index in [1.165, 1.54) is 4.90 Å². The summed E-state index contributed by atoms with van der Waals surface area (Å²) in [5.41, 5.74) is 2.94. The zero-order valence-electron chi connectivity index (χ0n) is 17.8. The van der Waals surface area contributed by atoms with Crippen molar-refractivity contribution in [2.75, 3.05) is 22.6 Å². The highest BCUT2D eigenvalue weighted by Crippen LogP contribution is 2.34. The number of carbonyl (C=O) groups excluding carboxylic acids is 3. The number of anilines is 3.